The van der Waals surface area contributed by atoms with Gasteiger partial charge in [-0.3, -0.25) is 0 Å². The smallest absolute Gasteiger partial charge is 0.241 e. The van der Waals surface area contributed by atoms with E-state index in [9.17, 15) is 8.42 Å². The molecule has 24 heavy (non-hydrogen) atoms. The number of sulfonamides is 1. The molecule has 0 spiro atoms. The topological polar surface area (TPSA) is 63.5 Å². The predicted octanol–water partition coefficient (Wildman–Crippen LogP) is 2.78. The Morgan fingerprint density at radius 1 is 1.12 bits per heavy atom. The van der Waals surface area contributed by atoms with Gasteiger partial charge in [-0.25, -0.2) is 18.1 Å². The van der Waals surface area contributed by atoms with Crippen LogP contribution in [0.25, 0.3) is 5.65 Å². The summed E-state index contributed by atoms with van der Waals surface area (Å²) in [4.78, 5) is 4.86. The molecule has 0 aliphatic heterocycles. The van der Waals surface area contributed by atoms with Crippen LogP contribution in [0.15, 0.2) is 47.6 Å². The van der Waals surface area contributed by atoms with Crippen molar-refractivity contribution < 1.29 is 8.42 Å². The van der Waals surface area contributed by atoms with Crippen molar-refractivity contribution in [3.05, 3.63) is 65.1 Å². The number of nitrogens with zero attached hydrogens (tertiary/aromatic N) is 2. The van der Waals surface area contributed by atoms with E-state index in [1.807, 2.05) is 67.9 Å². The van der Waals surface area contributed by atoms with Crippen LogP contribution in [0.3, 0.4) is 0 Å². The van der Waals surface area contributed by atoms with E-state index < -0.39 is 10.0 Å². The van der Waals surface area contributed by atoms with Crippen LogP contribution >= 0.6 is 0 Å². The molecule has 0 saturated carbocycles. The molecule has 0 radical (unpaired) electrons. The maximum absolute atomic E-state index is 12.6. The Morgan fingerprint density at radius 2 is 1.83 bits per heavy atom. The number of aryl methyl sites for hydroxylation is 3. The molecule has 0 aliphatic carbocycles. The standard InChI is InChI=1S/C18H21N3O2S/c1-13-10-14(2)18(15(3)11-13)24(22,23)19-8-7-16-12-21-9-5-4-6-17(21)20-16/h4-6,9-12,19H,7-8H2,1-3H3. The maximum Gasteiger partial charge on any atom is 0.241 e. The second-order valence-corrected chi connectivity index (χ2v) is 7.78. The normalized spacial score (nSPS) is 12.0. The third-order valence-electron chi connectivity index (χ3n) is 3.96. The van der Waals surface area contributed by atoms with Gasteiger partial charge in [0.15, 0.2) is 0 Å². The van der Waals surface area contributed by atoms with Gasteiger partial charge in [0.25, 0.3) is 0 Å². The zero-order valence-electron chi connectivity index (χ0n) is 14.1. The van der Waals surface area contributed by atoms with Gasteiger partial charge in [0.2, 0.25) is 10.0 Å². The molecule has 0 amide bonds. The molecule has 2 heterocycles. The quantitative estimate of drug-likeness (QED) is 0.775. The second kappa shape index (κ2) is 6.37. The number of pyridine rings is 1. The van der Waals surface area contributed by atoms with Gasteiger partial charge < -0.3 is 4.40 Å². The number of hydrogen-bond donors (Lipinski definition) is 1. The maximum atomic E-state index is 12.6. The van der Waals surface area contributed by atoms with Crippen LogP contribution in [-0.2, 0) is 16.4 Å². The van der Waals surface area contributed by atoms with E-state index in [2.05, 4.69) is 9.71 Å². The molecule has 0 atom stereocenters. The second-order valence-electron chi connectivity index (χ2n) is 6.07. The summed E-state index contributed by atoms with van der Waals surface area (Å²) in [5.41, 5.74) is 4.33. The Bertz CT molecular complexity index is 934. The number of benzene rings is 1. The molecule has 2 aromatic heterocycles. The summed E-state index contributed by atoms with van der Waals surface area (Å²) in [5, 5.41) is 0. The molecular weight excluding hydrogens is 322 g/mol. The van der Waals surface area contributed by atoms with Gasteiger partial charge in [0, 0.05) is 25.4 Å². The van der Waals surface area contributed by atoms with Crippen LogP contribution in [0.2, 0.25) is 0 Å². The highest BCUT2D eigenvalue weighted by molar-refractivity contribution is 7.89. The van der Waals surface area contributed by atoms with Crippen molar-refractivity contribution in [2.24, 2.45) is 0 Å². The first-order valence-corrected chi connectivity index (χ1v) is 9.35. The third kappa shape index (κ3) is 3.34. The Morgan fingerprint density at radius 3 is 2.50 bits per heavy atom. The highest BCUT2D eigenvalue weighted by Crippen LogP contribution is 2.21. The number of rotatable bonds is 5. The first-order valence-electron chi connectivity index (χ1n) is 7.87. The van der Waals surface area contributed by atoms with E-state index in [1.165, 1.54) is 0 Å². The molecule has 6 heteroatoms. The Balaban J connectivity index is 1.74. The van der Waals surface area contributed by atoms with E-state index in [0.29, 0.717) is 17.9 Å². The van der Waals surface area contributed by atoms with Gasteiger partial charge in [-0.2, -0.15) is 0 Å². The van der Waals surface area contributed by atoms with E-state index in [1.54, 1.807) is 0 Å². The summed E-state index contributed by atoms with van der Waals surface area (Å²) in [6, 6.07) is 9.57. The van der Waals surface area contributed by atoms with Crippen LogP contribution in [0.5, 0.6) is 0 Å². The van der Waals surface area contributed by atoms with Crippen molar-refractivity contribution >= 4 is 15.7 Å². The lowest BCUT2D eigenvalue weighted by atomic mass is 10.1. The van der Waals surface area contributed by atoms with Crippen LogP contribution in [0, 0.1) is 20.8 Å². The minimum Gasteiger partial charge on any atom is -0.307 e. The molecule has 1 N–H and O–H groups in total. The summed E-state index contributed by atoms with van der Waals surface area (Å²) in [6.07, 6.45) is 4.39. The van der Waals surface area contributed by atoms with E-state index >= 15 is 0 Å². The Labute approximate surface area is 142 Å². The van der Waals surface area contributed by atoms with Gasteiger partial charge in [-0.05, 0) is 44.0 Å². The van der Waals surface area contributed by atoms with Gasteiger partial charge >= 0.3 is 0 Å². The lowest BCUT2D eigenvalue weighted by molar-refractivity contribution is 0.580. The Kier molecular flexibility index (Phi) is 4.43. The summed E-state index contributed by atoms with van der Waals surface area (Å²) in [7, 11) is -3.52. The average Bonchev–Trinajstić information content (AvgIpc) is 2.88. The van der Waals surface area contributed by atoms with Gasteiger partial charge in [0.05, 0.1) is 10.6 Å². The monoisotopic (exact) mass is 343 g/mol. The summed E-state index contributed by atoms with van der Waals surface area (Å²) >= 11 is 0. The van der Waals surface area contributed by atoms with Gasteiger partial charge in [-0.15, -0.1) is 0 Å². The number of fused-ring (bicyclic) bond motifs is 1. The van der Waals surface area contributed by atoms with E-state index in [4.69, 9.17) is 0 Å². The minimum absolute atomic E-state index is 0.318. The Hall–Kier alpha value is -2.18. The number of aromatic nitrogens is 2. The molecule has 1 aromatic carbocycles. The van der Waals surface area contributed by atoms with E-state index in [-0.39, 0.29) is 0 Å². The summed E-state index contributed by atoms with van der Waals surface area (Å²) < 4.78 is 29.8. The minimum atomic E-state index is -3.52. The molecule has 3 rings (SSSR count). The molecular formula is C18H21N3O2S. The first kappa shape index (κ1) is 16.7. The molecule has 126 valence electrons. The lowest BCUT2D eigenvalue weighted by Crippen LogP contribution is -2.27. The average molecular weight is 343 g/mol. The molecule has 0 aliphatic rings. The SMILES string of the molecule is Cc1cc(C)c(S(=O)(=O)NCCc2cn3ccccc3n2)c(C)c1. The third-order valence-corrected chi connectivity index (χ3v) is 5.73. The van der Waals surface area contributed by atoms with Crippen molar-refractivity contribution in [1.82, 2.24) is 14.1 Å². The number of hydrogen-bond acceptors (Lipinski definition) is 3. The summed E-state index contributed by atoms with van der Waals surface area (Å²) in [5.74, 6) is 0. The molecule has 0 saturated heterocycles. The zero-order valence-corrected chi connectivity index (χ0v) is 14.9. The fourth-order valence-electron chi connectivity index (χ4n) is 3.08. The predicted molar refractivity (Wildman–Crippen MR) is 94.7 cm³/mol. The largest absolute Gasteiger partial charge is 0.307 e. The van der Waals surface area contributed by atoms with Gasteiger partial charge in [0.1, 0.15) is 5.65 Å². The fraction of sp³-hybridized carbons (Fsp3) is 0.278. The zero-order chi connectivity index (χ0) is 17.3. The lowest BCUT2D eigenvalue weighted by Gasteiger charge is -2.12. The molecule has 0 bridgehead atoms. The van der Waals surface area contributed by atoms with Crippen molar-refractivity contribution in [2.45, 2.75) is 32.1 Å². The van der Waals surface area contributed by atoms with Crippen molar-refractivity contribution in [2.75, 3.05) is 6.54 Å². The molecule has 3 aromatic rings. The fourth-order valence-corrected chi connectivity index (χ4v) is 4.56. The molecule has 0 unspecified atom stereocenters. The molecule has 5 nitrogen and oxygen atoms in total. The van der Waals surface area contributed by atoms with Gasteiger partial charge in [-0.1, -0.05) is 23.8 Å². The number of nitrogens with one attached hydrogen (secondary N) is 1. The highest BCUT2D eigenvalue weighted by atomic mass is 32.2. The van der Waals surface area contributed by atoms with Crippen molar-refractivity contribution in [1.29, 1.82) is 0 Å². The van der Waals surface area contributed by atoms with Crippen LogP contribution in [-0.4, -0.2) is 24.3 Å². The van der Waals surface area contributed by atoms with Crippen molar-refractivity contribution in [3.63, 3.8) is 0 Å². The van der Waals surface area contributed by atoms with Crippen LogP contribution < -0.4 is 4.72 Å². The van der Waals surface area contributed by atoms with E-state index in [0.717, 1.165) is 28.0 Å². The van der Waals surface area contributed by atoms with Crippen LogP contribution in [0.4, 0.5) is 0 Å². The summed E-state index contributed by atoms with van der Waals surface area (Å²) in [6.45, 7) is 5.94. The van der Waals surface area contributed by atoms with Crippen molar-refractivity contribution in [3.8, 4) is 0 Å². The highest BCUT2D eigenvalue weighted by Gasteiger charge is 2.19. The number of imidazole rings is 1. The first-order chi connectivity index (χ1) is 11.4. The molecule has 0 fully saturated rings. The van der Waals surface area contributed by atoms with Crippen LogP contribution in [0.1, 0.15) is 22.4 Å².